The van der Waals surface area contributed by atoms with Gasteiger partial charge in [-0.3, -0.25) is 4.79 Å². The molecule has 5 nitrogen and oxygen atoms in total. The van der Waals surface area contributed by atoms with Crippen LogP contribution in [-0.4, -0.2) is 38.3 Å². The normalized spacial score (nSPS) is 17.1. The minimum atomic E-state index is -3.54. The van der Waals surface area contributed by atoms with Gasteiger partial charge in [0.25, 0.3) is 5.91 Å². The molecule has 112 valence electrons. The minimum Gasteiger partial charge on any atom is -0.351 e. The highest BCUT2D eigenvalue weighted by molar-refractivity contribution is 7.89. The predicted octanol–water partition coefficient (Wildman–Crippen LogP) is 2.06. The Hall–Kier alpha value is -0.920. The van der Waals surface area contributed by atoms with Gasteiger partial charge < -0.3 is 5.32 Å². The molecule has 0 radical (unpaired) electrons. The molecule has 1 aliphatic rings. The molecule has 0 atom stereocenters. The lowest BCUT2D eigenvalue weighted by molar-refractivity contribution is 0.0954. The molecule has 1 aromatic rings. The van der Waals surface area contributed by atoms with Crippen molar-refractivity contribution in [3.63, 3.8) is 0 Å². The number of carbonyl (C=O) groups excluding carboxylic acids is 1. The van der Waals surface area contributed by atoms with E-state index in [1.54, 1.807) is 5.38 Å². The molecular weight excluding hydrogens is 296 g/mol. The zero-order chi connectivity index (χ0) is 14.6. The monoisotopic (exact) mass is 316 g/mol. The highest BCUT2D eigenvalue weighted by Gasteiger charge is 2.30. The van der Waals surface area contributed by atoms with E-state index in [-0.39, 0.29) is 10.8 Å². The molecular formula is C13H20N2O3S2. The maximum absolute atomic E-state index is 12.6. The van der Waals surface area contributed by atoms with Crippen molar-refractivity contribution in [3.8, 4) is 0 Å². The van der Waals surface area contributed by atoms with Gasteiger partial charge in [-0.15, -0.1) is 11.3 Å². The van der Waals surface area contributed by atoms with Gasteiger partial charge in [-0.25, -0.2) is 8.42 Å². The van der Waals surface area contributed by atoms with Crippen LogP contribution < -0.4 is 5.32 Å². The third kappa shape index (κ3) is 3.21. The van der Waals surface area contributed by atoms with Gasteiger partial charge in [-0.2, -0.15) is 4.31 Å². The maximum atomic E-state index is 12.6. The number of nitrogens with zero attached hydrogens (tertiary/aromatic N) is 1. The van der Waals surface area contributed by atoms with Crippen LogP contribution in [0.5, 0.6) is 0 Å². The average Bonchev–Trinajstić information content (AvgIpc) is 2.96. The molecule has 0 saturated carbocycles. The molecule has 20 heavy (non-hydrogen) atoms. The Morgan fingerprint density at radius 2 is 2.05 bits per heavy atom. The molecule has 0 spiro atoms. The van der Waals surface area contributed by atoms with Gasteiger partial charge in [-0.05, 0) is 30.7 Å². The van der Waals surface area contributed by atoms with Crippen LogP contribution in [0.3, 0.4) is 0 Å². The third-order valence-electron chi connectivity index (χ3n) is 3.30. The number of hydrogen-bond donors (Lipinski definition) is 1. The summed E-state index contributed by atoms with van der Waals surface area (Å²) in [5.41, 5.74) is 0. The summed E-state index contributed by atoms with van der Waals surface area (Å²) < 4.78 is 26.7. The van der Waals surface area contributed by atoms with Crippen LogP contribution in [0, 0.1) is 0 Å². The zero-order valence-corrected chi connectivity index (χ0v) is 13.2. The van der Waals surface area contributed by atoms with E-state index in [1.807, 2.05) is 6.92 Å². The lowest BCUT2D eigenvalue weighted by atomic mass is 10.2. The summed E-state index contributed by atoms with van der Waals surface area (Å²) in [6.07, 6.45) is 3.67. The van der Waals surface area contributed by atoms with E-state index in [1.165, 1.54) is 21.7 Å². The Balaban J connectivity index is 2.24. The van der Waals surface area contributed by atoms with Crippen molar-refractivity contribution in [2.45, 2.75) is 37.5 Å². The molecule has 1 aromatic heterocycles. The van der Waals surface area contributed by atoms with E-state index >= 15 is 0 Å². The number of carbonyl (C=O) groups is 1. The van der Waals surface area contributed by atoms with Crippen LogP contribution in [0.25, 0.3) is 0 Å². The number of hydrogen-bond acceptors (Lipinski definition) is 4. The summed E-state index contributed by atoms with van der Waals surface area (Å²) in [6.45, 7) is 3.61. The first-order valence-electron chi connectivity index (χ1n) is 6.93. The second-order valence-electron chi connectivity index (χ2n) is 4.83. The fourth-order valence-electron chi connectivity index (χ4n) is 2.23. The summed E-state index contributed by atoms with van der Waals surface area (Å²) >= 11 is 1.18. The molecule has 1 amide bonds. The summed E-state index contributed by atoms with van der Waals surface area (Å²) in [5, 5.41) is 4.40. The van der Waals surface area contributed by atoms with Crippen molar-refractivity contribution >= 4 is 27.3 Å². The zero-order valence-electron chi connectivity index (χ0n) is 11.6. The van der Waals surface area contributed by atoms with Crippen LogP contribution in [0.4, 0.5) is 0 Å². The molecule has 1 N–H and O–H groups in total. The average molecular weight is 316 g/mol. The second-order valence-corrected chi connectivity index (χ2v) is 7.66. The molecule has 1 saturated heterocycles. The highest BCUT2D eigenvalue weighted by Crippen LogP contribution is 2.27. The van der Waals surface area contributed by atoms with Crippen LogP contribution in [0.1, 0.15) is 42.3 Å². The summed E-state index contributed by atoms with van der Waals surface area (Å²) in [4.78, 5) is 12.5. The molecule has 0 aliphatic carbocycles. The minimum absolute atomic E-state index is 0.151. The summed E-state index contributed by atoms with van der Waals surface area (Å²) in [6, 6.07) is 1.54. The Labute approximate surface area is 124 Å². The van der Waals surface area contributed by atoms with Crippen molar-refractivity contribution in [2.75, 3.05) is 19.6 Å². The predicted molar refractivity (Wildman–Crippen MR) is 79.6 cm³/mol. The molecule has 0 bridgehead atoms. The van der Waals surface area contributed by atoms with Crippen molar-refractivity contribution in [2.24, 2.45) is 0 Å². The van der Waals surface area contributed by atoms with Crippen molar-refractivity contribution in [3.05, 3.63) is 16.3 Å². The van der Waals surface area contributed by atoms with Gasteiger partial charge >= 0.3 is 0 Å². The fourth-order valence-corrected chi connectivity index (χ4v) is 5.06. The Morgan fingerprint density at radius 3 is 2.70 bits per heavy atom. The van der Waals surface area contributed by atoms with E-state index in [0.717, 1.165) is 25.7 Å². The smallest absolute Gasteiger partial charge is 0.262 e. The van der Waals surface area contributed by atoms with Gasteiger partial charge in [0.2, 0.25) is 10.0 Å². The van der Waals surface area contributed by atoms with Gasteiger partial charge in [0.05, 0.1) is 0 Å². The van der Waals surface area contributed by atoms with Crippen molar-refractivity contribution in [1.29, 1.82) is 0 Å². The van der Waals surface area contributed by atoms with E-state index in [4.69, 9.17) is 0 Å². The molecule has 0 unspecified atom stereocenters. The summed E-state index contributed by atoms with van der Waals surface area (Å²) in [5.74, 6) is -0.294. The molecule has 0 aromatic carbocycles. The Bertz CT molecular complexity index is 560. The molecule has 7 heteroatoms. The van der Waals surface area contributed by atoms with Crippen molar-refractivity contribution in [1.82, 2.24) is 9.62 Å². The highest BCUT2D eigenvalue weighted by atomic mass is 32.2. The van der Waals surface area contributed by atoms with Gasteiger partial charge in [0.15, 0.2) is 0 Å². The number of rotatable bonds is 5. The lowest BCUT2D eigenvalue weighted by Crippen LogP contribution is -2.36. The van der Waals surface area contributed by atoms with Crippen LogP contribution in [-0.2, 0) is 10.0 Å². The second kappa shape index (κ2) is 6.69. The molecule has 1 aliphatic heterocycles. The number of nitrogens with one attached hydrogen (secondary N) is 1. The first-order chi connectivity index (χ1) is 9.57. The molecule has 2 heterocycles. The topological polar surface area (TPSA) is 66.5 Å². The first kappa shape index (κ1) is 15.5. The first-order valence-corrected chi connectivity index (χ1v) is 9.25. The quantitative estimate of drug-likeness (QED) is 0.904. The van der Waals surface area contributed by atoms with Gasteiger partial charge in [0.1, 0.15) is 9.77 Å². The SMILES string of the molecule is CCCNC(=O)c1sccc1S(=O)(=O)N1CCCCC1. The molecule has 2 rings (SSSR count). The summed E-state index contributed by atoms with van der Waals surface area (Å²) in [7, 11) is -3.54. The Kier molecular flexibility index (Phi) is 5.17. The van der Waals surface area contributed by atoms with E-state index in [2.05, 4.69) is 5.32 Å². The van der Waals surface area contributed by atoms with E-state index in [0.29, 0.717) is 24.5 Å². The van der Waals surface area contributed by atoms with Gasteiger partial charge in [-0.1, -0.05) is 13.3 Å². The largest absolute Gasteiger partial charge is 0.351 e. The van der Waals surface area contributed by atoms with Crippen LogP contribution in [0.2, 0.25) is 0 Å². The van der Waals surface area contributed by atoms with E-state index in [9.17, 15) is 13.2 Å². The van der Waals surface area contributed by atoms with Crippen LogP contribution >= 0.6 is 11.3 Å². The number of sulfonamides is 1. The standard InChI is InChI=1S/C13H20N2O3S2/c1-2-7-14-13(16)12-11(6-10-19-12)20(17,18)15-8-4-3-5-9-15/h6,10H,2-5,7-9H2,1H3,(H,14,16). The number of thiophene rings is 1. The van der Waals surface area contributed by atoms with Crippen molar-refractivity contribution < 1.29 is 13.2 Å². The maximum Gasteiger partial charge on any atom is 0.262 e. The fraction of sp³-hybridized carbons (Fsp3) is 0.615. The number of piperidine rings is 1. The Morgan fingerprint density at radius 1 is 1.35 bits per heavy atom. The molecule has 1 fully saturated rings. The van der Waals surface area contributed by atoms with Gasteiger partial charge in [0, 0.05) is 19.6 Å². The van der Waals surface area contributed by atoms with E-state index < -0.39 is 10.0 Å². The van der Waals surface area contributed by atoms with Crippen LogP contribution in [0.15, 0.2) is 16.3 Å². The third-order valence-corrected chi connectivity index (χ3v) is 6.29. The number of amides is 1. The lowest BCUT2D eigenvalue weighted by Gasteiger charge is -2.25.